The summed E-state index contributed by atoms with van der Waals surface area (Å²) in [5.41, 5.74) is 0. The van der Waals surface area contributed by atoms with Gasteiger partial charge < -0.3 is 9.64 Å². The fourth-order valence-corrected chi connectivity index (χ4v) is 4.88. The summed E-state index contributed by atoms with van der Waals surface area (Å²) in [6, 6.07) is 1.52. The first-order valence-corrected chi connectivity index (χ1v) is 11.6. The molecule has 0 unspecified atom stereocenters. The first-order chi connectivity index (χ1) is 12.1. The average Bonchev–Trinajstić information content (AvgIpc) is 2.56. The third kappa shape index (κ3) is 3.63. The highest BCUT2D eigenvalue weighted by Gasteiger charge is 2.34. The van der Waals surface area contributed by atoms with Crippen LogP contribution >= 0.6 is 0 Å². The van der Waals surface area contributed by atoms with Crippen LogP contribution in [0.3, 0.4) is 0 Å². The molecule has 0 saturated carbocycles. The van der Waals surface area contributed by atoms with E-state index in [-0.39, 0.29) is 23.6 Å². The van der Waals surface area contributed by atoms with Crippen LogP contribution < -0.4 is 9.21 Å². The van der Waals surface area contributed by atoms with Crippen molar-refractivity contribution in [2.45, 2.75) is 24.5 Å². The van der Waals surface area contributed by atoms with Crippen molar-refractivity contribution >= 4 is 31.7 Å². The molecule has 0 bridgehead atoms. The normalized spacial score (nSPS) is 24.7. The Hall–Kier alpha value is -1.50. The molecule has 1 aromatic rings. The van der Waals surface area contributed by atoms with Crippen molar-refractivity contribution in [3.8, 4) is 0 Å². The van der Waals surface area contributed by atoms with Crippen LogP contribution in [0.25, 0.3) is 0 Å². The fourth-order valence-electron chi connectivity index (χ4n) is 2.98. The summed E-state index contributed by atoms with van der Waals surface area (Å²) in [4.78, 5) is 10.1. The molecule has 12 heteroatoms. The lowest BCUT2D eigenvalue weighted by molar-refractivity contribution is 0.0984. The van der Waals surface area contributed by atoms with Gasteiger partial charge in [0.25, 0.3) is 5.16 Å². The van der Waals surface area contributed by atoms with Gasteiger partial charge >= 0.3 is 10.2 Å². The van der Waals surface area contributed by atoms with Crippen LogP contribution in [0.1, 0.15) is 13.3 Å². The summed E-state index contributed by atoms with van der Waals surface area (Å²) in [6.45, 7) is 4.10. The predicted octanol–water partition coefficient (Wildman–Crippen LogP) is -0.508. The minimum absolute atomic E-state index is 0.0143. The molecule has 0 N–H and O–H groups in total. The van der Waals surface area contributed by atoms with Crippen LogP contribution in [0.5, 0.6) is 0 Å². The first kappa shape index (κ1) is 19.3. The molecule has 10 nitrogen and oxygen atoms in total. The molecule has 3 heterocycles. The van der Waals surface area contributed by atoms with Crippen LogP contribution in [-0.2, 0) is 24.8 Å². The molecule has 3 rings (SSSR count). The Bertz CT molecular complexity index is 889. The van der Waals surface area contributed by atoms with E-state index in [0.29, 0.717) is 38.5 Å². The number of hydrogen-bond donors (Lipinski definition) is 0. The van der Waals surface area contributed by atoms with Gasteiger partial charge in [0, 0.05) is 39.0 Å². The molecule has 2 saturated heterocycles. The van der Waals surface area contributed by atoms with Crippen molar-refractivity contribution in [2.24, 2.45) is 0 Å². The van der Waals surface area contributed by atoms with Gasteiger partial charge in [0.2, 0.25) is 9.84 Å². The van der Waals surface area contributed by atoms with Crippen molar-refractivity contribution in [1.82, 2.24) is 14.3 Å². The molecule has 0 radical (unpaired) electrons. The molecule has 0 aromatic carbocycles. The van der Waals surface area contributed by atoms with Gasteiger partial charge in [-0.2, -0.15) is 17.7 Å². The minimum Gasteiger partial charge on any atom is -0.377 e. The van der Waals surface area contributed by atoms with Crippen LogP contribution in [0.4, 0.5) is 11.6 Å². The van der Waals surface area contributed by atoms with Gasteiger partial charge in [0.05, 0.1) is 19.3 Å². The maximum absolute atomic E-state index is 12.6. The summed E-state index contributed by atoms with van der Waals surface area (Å²) in [6.07, 6.45) is 1.63. The van der Waals surface area contributed by atoms with Gasteiger partial charge in [0.15, 0.2) is 0 Å². The van der Waals surface area contributed by atoms with E-state index in [4.69, 9.17) is 4.74 Å². The summed E-state index contributed by atoms with van der Waals surface area (Å²) < 4.78 is 57.2. The van der Waals surface area contributed by atoms with Crippen LogP contribution in [0, 0.1) is 0 Å². The summed E-state index contributed by atoms with van der Waals surface area (Å²) in [7, 11) is -5.96. The van der Waals surface area contributed by atoms with Crippen molar-refractivity contribution < 1.29 is 21.6 Å². The quantitative estimate of drug-likeness (QED) is 0.618. The second kappa shape index (κ2) is 6.91. The average molecular weight is 406 g/mol. The fraction of sp³-hybridized carbons (Fsp3) is 0.714. The van der Waals surface area contributed by atoms with E-state index < -0.39 is 20.0 Å². The van der Waals surface area contributed by atoms with Gasteiger partial charge in [0.1, 0.15) is 11.6 Å². The first-order valence-electron chi connectivity index (χ1n) is 8.28. The summed E-state index contributed by atoms with van der Waals surface area (Å²) >= 11 is 0. The molecule has 1 aromatic heterocycles. The molecular formula is C14H23N5O5S2. The van der Waals surface area contributed by atoms with E-state index in [0.717, 1.165) is 10.6 Å². The third-order valence-corrected chi connectivity index (χ3v) is 7.18. The Labute approximate surface area is 153 Å². The zero-order valence-electron chi connectivity index (χ0n) is 15.0. The maximum atomic E-state index is 12.6. The second-order valence-electron chi connectivity index (χ2n) is 6.51. The lowest BCUT2D eigenvalue weighted by Gasteiger charge is -2.36. The van der Waals surface area contributed by atoms with E-state index >= 15 is 0 Å². The summed E-state index contributed by atoms with van der Waals surface area (Å²) in [5.74, 6) is 0.454. The van der Waals surface area contributed by atoms with E-state index in [1.807, 2.05) is 11.8 Å². The minimum atomic E-state index is -3.74. The number of morpholine rings is 1. The van der Waals surface area contributed by atoms with Crippen LogP contribution in [0.2, 0.25) is 0 Å². The second-order valence-corrected chi connectivity index (χ2v) is 10.4. The molecule has 146 valence electrons. The number of sulfone groups is 1. The Morgan fingerprint density at radius 3 is 2.54 bits per heavy atom. The van der Waals surface area contributed by atoms with Gasteiger partial charge in [-0.3, -0.25) is 0 Å². The Morgan fingerprint density at radius 2 is 1.88 bits per heavy atom. The van der Waals surface area contributed by atoms with Crippen molar-refractivity contribution in [2.75, 3.05) is 55.4 Å². The lowest BCUT2D eigenvalue weighted by Crippen LogP contribution is -2.48. The third-order valence-electron chi connectivity index (χ3n) is 4.43. The number of nitrogens with zero attached hydrogens (tertiary/aromatic N) is 5. The number of aromatic nitrogens is 2. The van der Waals surface area contributed by atoms with E-state index in [1.165, 1.54) is 17.4 Å². The predicted molar refractivity (Wildman–Crippen MR) is 96.3 cm³/mol. The molecule has 0 amide bonds. The molecular weight excluding hydrogens is 382 g/mol. The highest BCUT2D eigenvalue weighted by molar-refractivity contribution is 7.90. The zero-order chi connectivity index (χ0) is 19.1. The Balaban J connectivity index is 2.12. The Morgan fingerprint density at radius 1 is 1.19 bits per heavy atom. The van der Waals surface area contributed by atoms with E-state index in [9.17, 15) is 16.8 Å². The number of anilines is 2. The molecule has 0 spiro atoms. The molecule has 0 aliphatic carbocycles. The van der Waals surface area contributed by atoms with Crippen LogP contribution in [0.15, 0.2) is 11.2 Å². The van der Waals surface area contributed by atoms with Gasteiger partial charge in [-0.15, -0.1) is 0 Å². The number of hydrogen-bond acceptors (Lipinski definition) is 8. The molecule has 2 aliphatic rings. The smallest absolute Gasteiger partial charge is 0.305 e. The van der Waals surface area contributed by atoms with Gasteiger partial charge in [-0.25, -0.2) is 17.7 Å². The van der Waals surface area contributed by atoms with E-state index in [2.05, 4.69) is 9.97 Å². The highest BCUT2D eigenvalue weighted by Crippen LogP contribution is 2.28. The zero-order valence-corrected chi connectivity index (χ0v) is 16.6. The SMILES string of the molecule is C[C@@H]1COCCN1c1cc(N2CCCN(C)S2(=O)=O)nc(S(C)(=O)=O)n1. The van der Waals surface area contributed by atoms with Crippen LogP contribution in [-0.4, -0.2) is 83.3 Å². The van der Waals surface area contributed by atoms with Gasteiger partial charge in [-0.1, -0.05) is 0 Å². The van der Waals surface area contributed by atoms with Crippen molar-refractivity contribution in [1.29, 1.82) is 0 Å². The van der Waals surface area contributed by atoms with Gasteiger partial charge in [-0.05, 0) is 13.3 Å². The number of rotatable bonds is 3. The topological polar surface area (TPSA) is 113 Å². The number of ether oxygens (including phenoxy) is 1. The molecule has 1 atom stereocenters. The molecule has 2 aliphatic heterocycles. The van der Waals surface area contributed by atoms with Crippen molar-refractivity contribution in [3.63, 3.8) is 0 Å². The Kier molecular flexibility index (Phi) is 5.12. The standard InChI is InChI=1S/C14H23N5O5S2/c1-11-10-24-8-7-18(11)12-9-13(16-14(15-12)25(3,20)21)19-6-4-5-17(2)26(19,22)23/h9,11H,4-8,10H2,1-3H3/t11-/m1/s1. The maximum Gasteiger partial charge on any atom is 0.305 e. The highest BCUT2D eigenvalue weighted by atomic mass is 32.2. The van der Waals surface area contributed by atoms with E-state index in [1.54, 1.807) is 0 Å². The lowest BCUT2D eigenvalue weighted by atomic mass is 10.2. The molecule has 2 fully saturated rings. The molecule has 26 heavy (non-hydrogen) atoms. The summed E-state index contributed by atoms with van der Waals surface area (Å²) in [5, 5.41) is -0.382. The van der Waals surface area contributed by atoms with Crippen molar-refractivity contribution in [3.05, 3.63) is 6.07 Å². The monoisotopic (exact) mass is 405 g/mol. The largest absolute Gasteiger partial charge is 0.377 e.